The van der Waals surface area contributed by atoms with Crippen LogP contribution in [0.15, 0.2) is 145 Å². The quantitative estimate of drug-likeness (QED) is 0.0739. The molecule has 0 aliphatic heterocycles. The molecule has 242 valence electrons. The first-order valence-corrected chi connectivity index (χ1v) is 16.2. The Morgan fingerprint density at radius 2 is 1.42 bits per heavy atom. The number of thiazole rings is 1. The number of rotatable bonds is 14. The first-order chi connectivity index (χ1) is 23.5. The molecule has 2 heterocycles. The molecule has 6 aromatic rings. The molecule has 0 saturated carbocycles. The molecule has 0 unspecified atom stereocenters. The second-order valence-electron chi connectivity index (χ2n) is 10.9. The van der Waals surface area contributed by atoms with Crippen LogP contribution in [0.25, 0.3) is 5.70 Å². The molecule has 0 fully saturated rings. The minimum absolute atomic E-state index is 0.0569. The molecule has 9 heteroatoms. The van der Waals surface area contributed by atoms with Crippen LogP contribution >= 0.6 is 11.3 Å². The Hall–Kier alpha value is -5.64. The van der Waals surface area contributed by atoms with Crippen LogP contribution in [0.5, 0.6) is 17.5 Å². The average molecular weight is 658 g/mol. The molecular formula is C39H35N3O5S. The highest BCUT2D eigenvalue weighted by molar-refractivity contribution is 7.09. The van der Waals surface area contributed by atoms with Crippen LogP contribution < -0.4 is 19.8 Å². The lowest BCUT2D eigenvalue weighted by Gasteiger charge is -2.37. The number of methoxy groups -OCH3 is 1. The van der Waals surface area contributed by atoms with Gasteiger partial charge in [-0.3, -0.25) is 19.7 Å². The zero-order chi connectivity index (χ0) is 33.3. The SMILES string of the molecule is C=C(NOCCOc1ccc(Cc2sc(=O)n(C(c3ccccc3)(c3ccccc3)c3ccccc3)c2O)cc1)c1ccc(OC)nc1. The number of pyridine rings is 1. The minimum Gasteiger partial charge on any atom is -0.494 e. The van der Waals surface area contributed by atoms with Crippen molar-refractivity contribution in [3.8, 4) is 17.5 Å². The van der Waals surface area contributed by atoms with E-state index in [1.165, 1.54) is 0 Å². The lowest BCUT2D eigenvalue weighted by atomic mass is 9.76. The van der Waals surface area contributed by atoms with E-state index in [-0.39, 0.29) is 17.4 Å². The Bertz CT molecular complexity index is 1900. The summed E-state index contributed by atoms with van der Waals surface area (Å²) >= 11 is 1.06. The van der Waals surface area contributed by atoms with Gasteiger partial charge in [0.15, 0.2) is 0 Å². The number of nitrogens with zero attached hydrogens (tertiary/aromatic N) is 2. The fraction of sp³-hybridized carbons (Fsp3) is 0.128. The highest BCUT2D eigenvalue weighted by Gasteiger charge is 2.42. The van der Waals surface area contributed by atoms with Gasteiger partial charge < -0.3 is 14.6 Å². The number of ether oxygens (including phenoxy) is 2. The molecule has 0 radical (unpaired) electrons. The molecule has 2 aromatic heterocycles. The van der Waals surface area contributed by atoms with E-state index < -0.39 is 5.54 Å². The number of aromatic nitrogens is 2. The van der Waals surface area contributed by atoms with Crippen LogP contribution in [0.3, 0.4) is 0 Å². The number of benzene rings is 4. The molecule has 0 bridgehead atoms. The van der Waals surface area contributed by atoms with Crippen LogP contribution in [0, 0.1) is 0 Å². The number of aromatic hydroxyl groups is 1. The van der Waals surface area contributed by atoms with Crippen LogP contribution in [-0.4, -0.2) is 35.0 Å². The summed E-state index contributed by atoms with van der Waals surface area (Å²) in [5, 5.41) is 11.9. The third-order valence-corrected chi connectivity index (χ3v) is 8.93. The topological polar surface area (TPSA) is 94.8 Å². The largest absolute Gasteiger partial charge is 0.494 e. The standard InChI is InChI=1S/C39H35N3O5S/c1-28(30-20-23-36(45-2)40-27-30)41-47-25-24-46-34-21-18-29(19-22-34)26-35-37(43)42(38(44)48-35)39(31-12-6-3-7-13-31,32-14-8-4-9-15-32)33-16-10-5-11-17-33/h3-23,27,41,43H,1,24-26H2,2H3. The smallest absolute Gasteiger partial charge is 0.311 e. The van der Waals surface area contributed by atoms with Crippen molar-refractivity contribution in [2.75, 3.05) is 20.3 Å². The van der Waals surface area contributed by atoms with Crippen LogP contribution in [0.4, 0.5) is 0 Å². The van der Waals surface area contributed by atoms with Crippen LogP contribution in [0.2, 0.25) is 0 Å². The van der Waals surface area contributed by atoms with Crippen molar-refractivity contribution in [3.05, 3.63) is 183 Å². The molecule has 4 aromatic carbocycles. The van der Waals surface area contributed by atoms with E-state index in [0.29, 0.717) is 35.2 Å². The Balaban J connectivity index is 1.18. The fourth-order valence-corrected chi connectivity index (χ4v) is 6.66. The molecule has 2 N–H and O–H groups in total. The second kappa shape index (κ2) is 14.8. The summed E-state index contributed by atoms with van der Waals surface area (Å²) in [6.07, 6.45) is 2.03. The normalized spacial score (nSPS) is 11.2. The van der Waals surface area contributed by atoms with Gasteiger partial charge in [0.25, 0.3) is 0 Å². The summed E-state index contributed by atoms with van der Waals surface area (Å²) < 4.78 is 12.5. The highest BCUT2D eigenvalue weighted by atomic mass is 32.1. The predicted octanol–water partition coefficient (Wildman–Crippen LogP) is 7.02. The van der Waals surface area contributed by atoms with Gasteiger partial charge in [-0.15, -0.1) is 0 Å². The Kier molecular flexibility index (Phi) is 9.99. The molecule has 0 spiro atoms. The molecule has 0 aliphatic rings. The summed E-state index contributed by atoms with van der Waals surface area (Å²) in [5.41, 5.74) is 6.60. The molecular weight excluding hydrogens is 623 g/mol. The van der Waals surface area contributed by atoms with Gasteiger partial charge in [0.1, 0.15) is 24.5 Å². The zero-order valence-corrected chi connectivity index (χ0v) is 27.2. The predicted molar refractivity (Wildman–Crippen MR) is 189 cm³/mol. The molecule has 0 saturated heterocycles. The minimum atomic E-state index is -1.09. The maximum Gasteiger partial charge on any atom is 0.311 e. The summed E-state index contributed by atoms with van der Waals surface area (Å²) in [5.74, 6) is 1.14. The second-order valence-corrected chi connectivity index (χ2v) is 12.0. The van der Waals surface area contributed by atoms with Crippen molar-refractivity contribution >= 4 is 17.0 Å². The van der Waals surface area contributed by atoms with Gasteiger partial charge in [0.2, 0.25) is 11.8 Å². The lowest BCUT2D eigenvalue weighted by molar-refractivity contribution is 0.0541. The molecule has 6 rings (SSSR count). The van der Waals surface area contributed by atoms with Crippen molar-refractivity contribution in [1.82, 2.24) is 15.0 Å². The van der Waals surface area contributed by atoms with Gasteiger partial charge in [-0.05, 0) is 40.5 Å². The number of hydrogen-bond acceptors (Lipinski definition) is 8. The third-order valence-electron chi connectivity index (χ3n) is 8.00. The molecule has 8 nitrogen and oxygen atoms in total. The van der Waals surface area contributed by atoms with E-state index >= 15 is 0 Å². The van der Waals surface area contributed by atoms with Crippen molar-refractivity contribution < 1.29 is 19.4 Å². The van der Waals surface area contributed by atoms with E-state index in [0.717, 1.165) is 39.2 Å². The van der Waals surface area contributed by atoms with Crippen molar-refractivity contribution in [1.29, 1.82) is 0 Å². The third kappa shape index (κ3) is 6.73. The van der Waals surface area contributed by atoms with Gasteiger partial charge in [-0.25, -0.2) is 4.98 Å². The Morgan fingerprint density at radius 3 is 1.94 bits per heavy atom. The number of hydroxylamine groups is 1. The molecule has 48 heavy (non-hydrogen) atoms. The van der Waals surface area contributed by atoms with E-state index in [2.05, 4.69) is 17.0 Å². The lowest BCUT2D eigenvalue weighted by Crippen LogP contribution is -2.42. The monoisotopic (exact) mass is 657 g/mol. The van der Waals surface area contributed by atoms with Gasteiger partial charge in [0.05, 0.1) is 17.7 Å². The summed E-state index contributed by atoms with van der Waals surface area (Å²) in [6.45, 7) is 4.55. The van der Waals surface area contributed by atoms with Crippen LogP contribution in [0.1, 0.15) is 32.7 Å². The van der Waals surface area contributed by atoms with Crippen molar-refractivity contribution in [2.24, 2.45) is 0 Å². The van der Waals surface area contributed by atoms with Gasteiger partial charge in [-0.1, -0.05) is 121 Å². The highest BCUT2D eigenvalue weighted by Crippen LogP contribution is 2.43. The maximum atomic E-state index is 14.0. The summed E-state index contributed by atoms with van der Waals surface area (Å²) in [6, 6.07) is 40.7. The first-order valence-electron chi connectivity index (χ1n) is 15.4. The van der Waals surface area contributed by atoms with E-state index in [1.54, 1.807) is 23.9 Å². The average Bonchev–Trinajstić information content (AvgIpc) is 3.42. The Morgan fingerprint density at radius 1 is 0.833 bits per heavy atom. The molecule has 0 amide bonds. The van der Waals surface area contributed by atoms with Gasteiger partial charge >= 0.3 is 4.87 Å². The van der Waals surface area contributed by atoms with Gasteiger partial charge in [0, 0.05) is 24.2 Å². The number of hydrogen-bond donors (Lipinski definition) is 2. The van der Waals surface area contributed by atoms with Crippen LogP contribution in [-0.2, 0) is 16.8 Å². The molecule has 0 aliphatic carbocycles. The van der Waals surface area contributed by atoms with E-state index in [1.807, 2.05) is 121 Å². The van der Waals surface area contributed by atoms with Gasteiger partial charge in [-0.2, -0.15) is 0 Å². The Labute approximate surface area is 283 Å². The van der Waals surface area contributed by atoms with E-state index in [4.69, 9.17) is 14.3 Å². The van der Waals surface area contributed by atoms with Crippen molar-refractivity contribution in [2.45, 2.75) is 12.0 Å². The zero-order valence-electron chi connectivity index (χ0n) is 26.4. The first kappa shape index (κ1) is 32.3. The number of nitrogens with one attached hydrogen (secondary N) is 1. The van der Waals surface area contributed by atoms with E-state index in [9.17, 15) is 9.90 Å². The summed E-state index contributed by atoms with van der Waals surface area (Å²) in [4.78, 5) is 23.9. The van der Waals surface area contributed by atoms with Crippen molar-refractivity contribution in [3.63, 3.8) is 0 Å². The summed E-state index contributed by atoms with van der Waals surface area (Å²) in [7, 11) is 1.56. The maximum absolute atomic E-state index is 14.0. The fourth-order valence-electron chi connectivity index (χ4n) is 5.71. The molecule has 0 atom stereocenters.